The standard InChI is InChI=1S/C50H88N2O8/c1-24-25-26-43(5,6)27-44(7,8)30-32(38(55)51(21)36(30)53)49(17,18)47(13,14)28-45(9,10)31-33(39(56)52(22)37(31)54)50(19,20)48(15,16)29-46(11,12)34(40(57)58)35(41(59)60-23)42(2,3)4/h34-35,53-56H,24-29H2,1-23H3,(H,57,58). The van der Waals surface area contributed by atoms with Gasteiger partial charge in [0, 0.05) is 47.2 Å². The fraction of sp³-hybridized carbons (Fsp3) is 0.800. The maximum Gasteiger partial charge on any atom is 0.310 e. The third-order valence-electron chi connectivity index (χ3n) is 15.4. The minimum absolute atomic E-state index is 0.000448. The van der Waals surface area contributed by atoms with Crippen molar-refractivity contribution >= 4 is 11.9 Å². The Labute approximate surface area is 364 Å². The molecule has 10 heteroatoms. The van der Waals surface area contributed by atoms with Crippen LogP contribution in [0.15, 0.2) is 0 Å². The molecule has 2 atom stereocenters. The maximum absolute atomic E-state index is 13.3. The van der Waals surface area contributed by atoms with Crippen LogP contribution in [0.5, 0.6) is 23.5 Å². The summed E-state index contributed by atoms with van der Waals surface area (Å²) in [6, 6.07) is 0. The molecule has 0 saturated heterocycles. The van der Waals surface area contributed by atoms with Gasteiger partial charge >= 0.3 is 11.9 Å². The molecule has 0 amide bonds. The average molecular weight is 845 g/mol. The number of esters is 1. The van der Waals surface area contributed by atoms with Crippen molar-refractivity contribution in [3.8, 4) is 23.5 Å². The van der Waals surface area contributed by atoms with Crippen molar-refractivity contribution in [2.75, 3.05) is 7.11 Å². The number of rotatable bonds is 19. The smallest absolute Gasteiger partial charge is 0.310 e. The average Bonchev–Trinajstić information content (AvgIpc) is 3.43. The van der Waals surface area contributed by atoms with Crippen LogP contribution in [0.25, 0.3) is 0 Å². The Hall–Kier alpha value is -3.30. The second-order valence-corrected chi connectivity index (χ2v) is 24.7. The van der Waals surface area contributed by atoms with E-state index in [0.717, 1.165) is 31.2 Å². The van der Waals surface area contributed by atoms with Crippen LogP contribution in [0.4, 0.5) is 0 Å². The Morgan fingerprint density at radius 2 is 0.917 bits per heavy atom. The first kappa shape index (κ1) is 52.8. The van der Waals surface area contributed by atoms with E-state index in [1.54, 1.807) is 14.1 Å². The molecule has 0 aromatic carbocycles. The van der Waals surface area contributed by atoms with Gasteiger partial charge in [0.1, 0.15) is 0 Å². The van der Waals surface area contributed by atoms with Crippen LogP contribution in [-0.2, 0) is 50.1 Å². The summed E-state index contributed by atoms with van der Waals surface area (Å²) in [6.45, 7) is 41.3. The van der Waals surface area contributed by atoms with Gasteiger partial charge in [0.2, 0.25) is 0 Å². The number of aromatic hydroxyl groups is 4. The van der Waals surface area contributed by atoms with E-state index in [1.165, 1.54) is 16.2 Å². The molecule has 60 heavy (non-hydrogen) atoms. The number of carbonyl (C=O) groups is 2. The molecule has 0 aliphatic carbocycles. The summed E-state index contributed by atoms with van der Waals surface area (Å²) in [5.74, 6) is -3.67. The topological polar surface area (TPSA) is 154 Å². The minimum atomic E-state index is -1.08. The van der Waals surface area contributed by atoms with E-state index in [4.69, 9.17) is 4.74 Å². The lowest BCUT2D eigenvalue weighted by molar-refractivity contribution is -0.168. The molecule has 2 unspecified atom stereocenters. The lowest BCUT2D eigenvalue weighted by Crippen LogP contribution is -2.50. The molecule has 0 aliphatic rings. The minimum Gasteiger partial charge on any atom is -0.494 e. The van der Waals surface area contributed by atoms with Gasteiger partial charge in [-0.3, -0.25) is 18.7 Å². The first-order valence-corrected chi connectivity index (χ1v) is 22.1. The van der Waals surface area contributed by atoms with E-state index in [9.17, 15) is 35.1 Å². The van der Waals surface area contributed by atoms with Gasteiger partial charge < -0.3 is 30.3 Å². The van der Waals surface area contributed by atoms with Crippen molar-refractivity contribution < 1.29 is 39.9 Å². The van der Waals surface area contributed by atoms with Crippen molar-refractivity contribution in [1.82, 2.24) is 9.13 Å². The first-order chi connectivity index (χ1) is 26.6. The van der Waals surface area contributed by atoms with Crippen molar-refractivity contribution in [3.05, 3.63) is 22.3 Å². The van der Waals surface area contributed by atoms with Gasteiger partial charge in [0.25, 0.3) is 0 Å². The molecule has 346 valence electrons. The molecule has 2 heterocycles. The molecular formula is C50H88N2O8. The molecule has 5 N–H and O–H groups in total. The Balaban J connectivity index is 2.84. The Kier molecular flexibility index (Phi) is 14.8. The van der Waals surface area contributed by atoms with Crippen LogP contribution in [0.3, 0.4) is 0 Å². The first-order valence-electron chi connectivity index (χ1n) is 22.1. The highest BCUT2D eigenvalue weighted by atomic mass is 16.5. The summed E-state index contributed by atoms with van der Waals surface area (Å²) < 4.78 is 8.09. The predicted octanol–water partition coefficient (Wildman–Crippen LogP) is 12.0. The van der Waals surface area contributed by atoms with Crippen LogP contribution in [0.1, 0.15) is 199 Å². The number of aliphatic carboxylic acids is 1. The molecule has 0 spiro atoms. The highest BCUT2D eigenvalue weighted by Gasteiger charge is 2.56. The summed E-state index contributed by atoms with van der Waals surface area (Å²) in [6.07, 6.45) is 4.93. The Bertz CT molecular complexity index is 1870. The van der Waals surface area contributed by atoms with Gasteiger partial charge in [-0.25, -0.2) is 0 Å². The van der Waals surface area contributed by atoms with Gasteiger partial charge in [0.15, 0.2) is 23.5 Å². The summed E-state index contributed by atoms with van der Waals surface area (Å²) >= 11 is 0. The van der Waals surface area contributed by atoms with E-state index in [0.29, 0.717) is 29.5 Å². The molecule has 0 bridgehead atoms. The number of hydrogen-bond donors (Lipinski definition) is 5. The van der Waals surface area contributed by atoms with Gasteiger partial charge in [-0.2, -0.15) is 0 Å². The summed E-state index contributed by atoms with van der Waals surface area (Å²) in [7, 11) is 4.63. The van der Waals surface area contributed by atoms with Crippen LogP contribution in [0, 0.1) is 38.9 Å². The lowest BCUT2D eigenvalue weighted by atomic mass is 9.52. The number of methoxy groups -OCH3 is 1. The number of carboxylic acid groups (broad SMARTS) is 1. The highest BCUT2D eigenvalue weighted by molar-refractivity contribution is 5.82. The molecular weight excluding hydrogens is 757 g/mol. The van der Waals surface area contributed by atoms with Crippen molar-refractivity contribution in [2.45, 2.75) is 199 Å². The van der Waals surface area contributed by atoms with Gasteiger partial charge in [-0.05, 0) is 63.6 Å². The molecule has 2 aromatic rings. The van der Waals surface area contributed by atoms with Crippen LogP contribution in [0.2, 0.25) is 0 Å². The molecule has 2 aromatic heterocycles. The van der Waals surface area contributed by atoms with Crippen molar-refractivity contribution in [2.24, 2.45) is 53.0 Å². The van der Waals surface area contributed by atoms with Gasteiger partial charge in [-0.15, -0.1) is 0 Å². The van der Waals surface area contributed by atoms with Crippen LogP contribution >= 0.6 is 0 Å². The highest BCUT2D eigenvalue weighted by Crippen LogP contribution is 2.61. The number of nitrogens with zero attached hydrogens (tertiary/aromatic N) is 2. The molecule has 0 radical (unpaired) electrons. The summed E-state index contributed by atoms with van der Waals surface area (Å²) in [5.41, 5.74) is -3.10. The zero-order valence-electron chi connectivity index (χ0n) is 42.3. The predicted molar refractivity (Wildman–Crippen MR) is 244 cm³/mol. The number of carbonyl (C=O) groups excluding carboxylic acids is 1. The van der Waals surface area contributed by atoms with E-state index in [-0.39, 0.29) is 28.9 Å². The number of aromatic nitrogens is 2. The number of unbranched alkanes of at least 4 members (excludes halogenated alkanes) is 1. The molecule has 10 nitrogen and oxygen atoms in total. The zero-order chi connectivity index (χ0) is 47.5. The Morgan fingerprint density at radius 1 is 0.567 bits per heavy atom. The lowest BCUT2D eigenvalue weighted by Gasteiger charge is -2.51. The fourth-order valence-electron chi connectivity index (χ4n) is 11.4. The normalized spacial score (nSPS) is 15.3. The third-order valence-corrected chi connectivity index (χ3v) is 15.4. The SMILES string of the molecule is CCCCC(C)(C)CC(C)(C)c1c(C(C)(C)C(C)(C)CC(C)(C)c2c(C(C)(C)C(C)(C)CC(C)(C)C(C(=O)O)C(C(=O)OC)C(C)(C)C)c(O)n(C)c2O)c(O)n(C)c1O. The van der Waals surface area contributed by atoms with Gasteiger partial charge in [-0.1, -0.05) is 151 Å². The number of ether oxygens (including phenoxy) is 1. The monoisotopic (exact) mass is 845 g/mol. The quantitative estimate of drug-likeness (QED) is 0.0876. The van der Waals surface area contributed by atoms with Gasteiger partial charge in [0.05, 0.1) is 18.9 Å². The fourth-order valence-corrected chi connectivity index (χ4v) is 11.4. The summed E-state index contributed by atoms with van der Waals surface area (Å²) in [5, 5.41) is 58.5. The number of carboxylic acids is 1. The van der Waals surface area contributed by atoms with E-state index >= 15 is 0 Å². The molecule has 0 fully saturated rings. The second kappa shape index (κ2) is 16.8. The van der Waals surface area contributed by atoms with Crippen molar-refractivity contribution in [1.29, 1.82) is 0 Å². The second-order valence-electron chi connectivity index (χ2n) is 24.7. The molecule has 0 aliphatic heterocycles. The Morgan fingerprint density at radius 3 is 1.25 bits per heavy atom. The number of hydrogen-bond acceptors (Lipinski definition) is 7. The summed E-state index contributed by atoms with van der Waals surface area (Å²) in [4.78, 5) is 26.4. The molecule has 2 rings (SSSR count). The van der Waals surface area contributed by atoms with E-state index < -0.39 is 67.1 Å². The molecule has 0 saturated carbocycles. The van der Waals surface area contributed by atoms with E-state index in [2.05, 4.69) is 90.0 Å². The van der Waals surface area contributed by atoms with Crippen LogP contribution < -0.4 is 0 Å². The zero-order valence-corrected chi connectivity index (χ0v) is 42.3. The maximum atomic E-state index is 13.3. The third kappa shape index (κ3) is 9.67. The largest absolute Gasteiger partial charge is 0.494 e. The van der Waals surface area contributed by atoms with E-state index in [1.807, 2.05) is 48.5 Å². The van der Waals surface area contributed by atoms with Crippen LogP contribution in [-0.4, -0.2) is 53.7 Å². The van der Waals surface area contributed by atoms with Crippen molar-refractivity contribution in [3.63, 3.8) is 0 Å².